The van der Waals surface area contributed by atoms with Gasteiger partial charge in [0, 0.05) is 7.05 Å². The van der Waals surface area contributed by atoms with E-state index in [4.69, 9.17) is 33.7 Å². The zero-order chi connectivity index (χ0) is 9.23. The first kappa shape index (κ1) is 12.4. The standard InChI is InChI=1S/C3H9Cl3N2OP2/c1-7(2)11(6,9)8(3)10(4)5/h1-3H3. The Morgan fingerprint density at radius 2 is 1.64 bits per heavy atom. The van der Waals surface area contributed by atoms with Crippen LogP contribution in [0.1, 0.15) is 0 Å². The van der Waals surface area contributed by atoms with Crippen molar-refractivity contribution in [2.45, 2.75) is 0 Å². The van der Waals surface area contributed by atoms with Gasteiger partial charge in [-0.15, -0.1) is 0 Å². The van der Waals surface area contributed by atoms with Crippen molar-refractivity contribution in [1.82, 2.24) is 9.11 Å². The van der Waals surface area contributed by atoms with Crippen LogP contribution in [0, 0.1) is 0 Å². The molecule has 0 fully saturated rings. The second-order valence-electron chi connectivity index (χ2n) is 2.02. The fourth-order valence-electron chi connectivity index (χ4n) is 0.342. The van der Waals surface area contributed by atoms with Gasteiger partial charge in [0.15, 0.2) is 6.78 Å². The van der Waals surface area contributed by atoms with Gasteiger partial charge < -0.3 is 0 Å². The Morgan fingerprint density at radius 1 is 1.27 bits per heavy atom. The monoisotopic (exact) mass is 256 g/mol. The lowest BCUT2D eigenvalue weighted by Gasteiger charge is -2.27. The van der Waals surface area contributed by atoms with Gasteiger partial charge in [-0.2, -0.15) is 4.44 Å². The molecule has 0 saturated carbocycles. The SMILES string of the molecule is CN(C)P(=O)(Cl)N(C)P(Cl)Cl. The highest BCUT2D eigenvalue weighted by atomic mass is 35.9. The van der Waals surface area contributed by atoms with Gasteiger partial charge in [0.25, 0.3) is 0 Å². The summed E-state index contributed by atoms with van der Waals surface area (Å²) < 4.78 is 14.2. The molecule has 0 aliphatic carbocycles. The van der Waals surface area contributed by atoms with Crippen molar-refractivity contribution in [1.29, 1.82) is 0 Å². The fourth-order valence-corrected chi connectivity index (χ4v) is 4.89. The zero-order valence-corrected chi connectivity index (χ0v) is 10.4. The molecule has 0 amide bonds. The molecule has 0 radical (unpaired) electrons. The van der Waals surface area contributed by atoms with Crippen LogP contribution in [-0.4, -0.2) is 30.3 Å². The van der Waals surface area contributed by atoms with E-state index < -0.39 is 13.6 Å². The van der Waals surface area contributed by atoms with Crippen molar-refractivity contribution in [3.63, 3.8) is 0 Å². The predicted molar refractivity (Wildman–Crippen MR) is 53.5 cm³/mol. The van der Waals surface area contributed by atoms with Crippen LogP contribution in [0.25, 0.3) is 0 Å². The summed E-state index contributed by atoms with van der Waals surface area (Å²) in [5.41, 5.74) is 0. The summed E-state index contributed by atoms with van der Waals surface area (Å²) in [5.74, 6) is 0. The summed E-state index contributed by atoms with van der Waals surface area (Å²) >= 11 is 16.7. The van der Waals surface area contributed by atoms with E-state index in [2.05, 4.69) is 0 Å². The Labute approximate surface area is 82.2 Å². The van der Waals surface area contributed by atoms with Crippen molar-refractivity contribution in [2.24, 2.45) is 0 Å². The largest absolute Gasteiger partial charge is 0.308 e. The topological polar surface area (TPSA) is 23.6 Å². The third-order valence-electron chi connectivity index (χ3n) is 1.07. The van der Waals surface area contributed by atoms with Gasteiger partial charge >= 0.3 is 6.80 Å². The van der Waals surface area contributed by atoms with Crippen LogP contribution in [0.2, 0.25) is 0 Å². The summed E-state index contributed by atoms with van der Waals surface area (Å²) in [5, 5.41) is 0. The van der Waals surface area contributed by atoms with Gasteiger partial charge in [-0.05, 0) is 25.3 Å². The smallest absolute Gasteiger partial charge is 0.270 e. The van der Waals surface area contributed by atoms with Crippen molar-refractivity contribution in [2.75, 3.05) is 21.1 Å². The fraction of sp³-hybridized carbons (Fsp3) is 1.00. The van der Waals surface area contributed by atoms with Crippen LogP contribution in [0.3, 0.4) is 0 Å². The molecule has 8 heteroatoms. The quantitative estimate of drug-likeness (QED) is 0.723. The summed E-state index contributed by atoms with van der Waals surface area (Å²) in [7, 11) is 4.74. The Bertz CT molecular complexity index is 176. The van der Waals surface area contributed by atoms with Crippen LogP contribution < -0.4 is 0 Å². The molecule has 0 saturated heterocycles. The second-order valence-corrected chi connectivity index (χ2v) is 9.48. The maximum absolute atomic E-state index is 11.5. The predicted octanol–water partition coefficient (Wildman–Crippen LogP) is 3.53. The van der Waals surface area contributed by atoms with E-state index in [0.717, 1.165) is 0 Å². The molecule has 3 nitrogen and oxygen atoms in total. The highest BCUT2D eigenvalue weighted by Gasteiger charge is 2.31. The van der Waals surface area contributed by atoms with E-state index in [1.165, 1.54) is 16.2 Å². The maximum atomic E-state index is 11.5. The number of nitrogens with zero attached hydrogens (tertiary/aromatic N) is 2. The lowest BCUT2D eigenvalue weighted by atomic mass is 11.3. The Kier molecular flexibility index (Phi) is 5.23. The van der Waals surface area contributed by atoms with Gasteiger partial charge in [0.2, 0.25) is 0 Å². The lowest BCUT2D eigenvalue weighted by Crippen LogP contribution is -2.14. The Morgan fingerprint density at radius 3 is 1.73 bits per heavy atom. The van der Waals surface area contributed by atoms with E-state index >= 15 is 0 Å². The molecule has 1 unspecified atom stereocenters. The number of hydrogen-bond donors (Lipinski definition) is 0. The lowest BCUT2D eigenvalue weighted by molar-refractivity contribution is 0.499. The molecule has 0 N–H and O–H groups in total. The van der Waals surface area contributed by atoms with E-state index in [1.54, 1.807) is 14.1 Å². The highest BCUT2D eigenvalue weighted by molar-refractivity contribution is 8.08. The van der Waals surface area contributed by atoms with Crippen molar-refractivity contribution in [3.05, 3.63) is 0 Å². The molecular formula is C3H9Cl3N2OP2. The normalized spacial score (nSPS) is 17.9. The molecule has 0 aliphatic rings. The van der Waals surface area contributed by atoms with Crippen LogP contribution in [0.5, 0.6) is 0 Å². The van der Waals surface area contributed by atoms with Crippen molar-refractivity contribution < 1.29 is 4.57 Å². The second kappa shape index (κ2) is 4.62. The number of rotatable bonds is 3. The van der Waals surface area contributed by atoms with Gasteiger partial charge in [-0.3, -0.25) is 4.57 Å². The summed E-state index contributed by atoms with van der Waals surface area (Å²) in [6.07, 6.45) is 0. The molecule has 0 aliphatic heterocycles. The average molecular weight is 257 g/mol. The van der Waals surface area contributed by atoms with E-state index in [1.807, 2.05) is 0 Å². The highest BCUT2D eigenvalue weighted by Crippen LogP contribution is 2.68. The minimum Gasteiger partial charge on any atom is -0.270 e. The molecule has 68 valence electrons. The molecule has 0 heterocycles. The Balaban J connectivity index is 4.43. The number of hydrogen-bond acceptors (Lipinski definition) is 1. The van der Waals surface area contributed by atoms with Crippen molar-refractivity contribution >= 4 is 47.3 Å². The molecule has 0 spiro atoms. The van der Waals surface area contributed by atoms with Gasteiger partial charge in [-0.1, -0.05) is 22.5 Å². The summed E-state index contributed by atoms with van der Waals surface area (Å²) in [6.45, 7) is -4.45. The molecule has 0 aromatic heterocycles. The minimum atomic E-state index is -3.01. The molecule has 0 aromatic rings. The Hall–Kier alpha value is 1.45. The molecule has 11 heavy (non-hydrogen) atoms. The van der Waals surface area contributed by atoms with E-state index in [-0.39, 0.29) is 0 Å². The van der Waals surface area contributed by atoms with Gasteiger partial charge in [-0.25, -0.2) is 4.67 Å². The third-order valence-corrected chi connectivity index (χ3v) is 8.37. The van der Waals surface area contributed by atoms with Crippen LogP contribution in [0.4, 0.5) is 0 Å². The van der Waals surface area contributed by atoms with Gasteiger partial charge in [0.05, 0.1) is 0 Å². The minimum absolute atomic E-state index is 1.27. The van der Waals surface area contributed by atoms with Gasteiger partial charge in [0.1, 0.15) is 0 Å². The average Bonchev–Trinajstić information content (AvgIpc) is 1.85. The van der Waals surface area contributed by atoms with Crippen LogP contribution >= 0.6 is 47.3 Å². The van der Waals surface area contributed by atoms with Crippen LogP contribution in [0.15, 0.2) is 0 Å². The van der Waals surface area contributed by atoms with E-state index in [0.29, 0.717) is 0 Å². The zero-order valence-electron chi connectivity index (χ0n) is 6.33. The molecular weight excluding hydrogens is 248 g/mol. The molecule has 1 atom stereocenters. The molecule has 0 rings (SSSR count). The first-order valence-corrected chi connectivity index (χ1v) is 8.25. The van der Waals surface area contributed by atoms with Crippen LogP contribution in [-0.2, 0) is 4.57 Å². The molecule has 0 aromatic carbocycles. The first-order valence-electron chi connectivity index (χ1n) is 2.63. The maximum Gasteiger partial charge on any atom is 0.308 e. The molecule has 0 bridgehead atoms. The summed E-state index contributed by atoms with van der Waals surface area (Å²) in [6, 6.07) is 0. The summed E-state index contributed by atoms with van der Waals surface area (Å²) in [4.78, 5) is 0. The number of halogens is 3. The van der Waals surface area contributed by atoms with Crippen molar-refractivity contribution in [3.8, 4) is 0 Å². The first-order chi connectivity index (χ1) is 4.80. The van der Waals surface area contributed by atoms with E-state index in [9.17, 15) is 4.57 Å². The third kappa shape index (κ3) is 3.36.